The summed E-state index contributed by atoms with van der Waals surface area (Å²) in [5.74, 6) is 0.226. The van der Waals surface area contributed by atoms with E-state index in [0.717, 1.165) is 17.9 Å². The van der Waals surface area contributed by atoms with Crippen LogP contribution in [0.25, 0.3) is 0 Å². The molecule has 0 unspecified atom stereocenters. The van der Waals surface area contributed by atoms with E-state index >= 15 is 0 Å². The van der Waals surface area contributed by atoms with Gasteiger partial charge < -0.3 is 9.64 Å². The van der Waals surface area contributed by atoms with E-state index in [2.05, 4.69) is 0 Å². The van der Waals surface area contributed by atoms with Gasteiger partial charge in [0.15, 0.2) is 5.78 Å². The van der Waals surface area contributed by atoms with Crippen LogP contribution in [0.3, 0.4) is 0 Å². The van der Waals surface area contributed by atoms with Crippen molar-refractivity contribution in [2.45, 2.75) is 13.3 Å². The Bertz CT molecular complexity index is 684. The van der Waals surface area contributed by atoms with Crippen LogP contribution in [-0.2, 0) is 0 Å². The summed E-state index contributed by atoms with van der Waals surface area (Å²) >= 11 is 0. The molecule has 0 N–H and O–H groups in total. The number of Topliss-reactive ketones (excluding diaryl/α,β-unsaturated/α-hetero) is 1. The summed E-state index contributed by atoms with van der Waals surface area (Å²) in [6.07, 6.45) is 0.808. The topological polar surface area (TPSA) is 29.5 Å². The number of anilines is 2. The number of para-hydroxylation sites is 2. The summed E-state index contributed by atoms with van der Waals surface area (Å²) in [6.45, 7) is 2.72. The van der Waals surface area contributed by atoms with Gasteiger partial charge in [-0.2, -0.15) is 0 Å². The van der Waals surface area contributed by atoms with Crippen molar-refractivity contribution in [2.24, 2.45) is 0 Å². The summed E-state index contributed by atoms with van der Waals surface area (Å²) < 4.78 is 20.1. The Morgan fingerprint density at radius 1 is 1.19 bits per heavy atom. The zero-order valence-electron chi connectivity index (χ0n) is 11.8. The number of ether oxygens (including phenoxy) is 1. The molecule has 0 spiro atoms. The van der Waals surface area contributed by atoms with Gasteiger partial charge in [0.1, 0.15) is 11.6 Å². The van der Waals surface area contributed by atoms with E-state index in [1.54, 1.807) is 12.1 Å². The maximum Gasteiger partial charge on any atom is 0.159 e. The maximum absolute atomic E-state index is 14.4. The molecule has 0 bridgehead atoms. The quantitative estimate of drug-likeness (QED) is 0.782. The lowest BCUT2D eigenvalue weighted by molar-refractivity contribution is 0.101. The number of carbonyl (C=O) groups excluding carboxylic acids is 1. The molecule has 2 aromatic rings. The molecule has 0 aliphatic carbocycles. The van der Waals surface area contributed by atoms with Gasteiger partial charge in [-0.25, -0.2) is 4.39 Å². The second-order valence-corrected chi connectivity index (χ2v) is 5.04. The van der Waals surface area contributed by atoms with Gasteiger partial charge in [-0.15, -0.1) is 0 Å². The van der Waals surface area contributed by atoms with Crippen LogP contribution in [0.4, 0.5) is 15.8 Å². The van der Waals surface area contributed by atoms with Crippen LogP contribution in [0, 0.1) is 5.82 Å². The minimum absolute atomic E-state index is 0.139. The van der Waals surface area contributed by atoms with Crippen molar-refractivity contribution in [3.63, 3.8) is 0 Å². The van der Waals surface area contributed by atoms with Gasteiger partial charge >= 0.3 is 0 Å². The van der Waals surface area contributed by atoms with Crippen molar-refractivity contribution in [1.29, 1.82) is 0 Å². The number of benzene rings is 2. The third kappa shape index (κ3) is 2.61. The molecule has 0 saturated carbocycles. The fourth-order valence-corrected chi connectivity index (χ4v) is 2.52. The van der Waals surface area contributed by atoms with E-state index in [4.69, 9.17) is 4.74 Å². The normalized spacial score (nSPS) is 14.1. The number of fused-ring (bicyclic) bond motifs is 1. The Morgan fingerprint density at radius 2 is 2.00 bits per heavy atom. The Morgan fingerprint density at radius 3 is 2.76 bits per heavy atom. The summed E-state index contributed by atoms with van der Waals surface area (Å²) in [7, 11) is 0. The van der Waals surface area contributed by atoms with Crippen molar-refractivity contribution in [3.05, 3.63) is 53.8 Å². The molecule has 4 heteroatoms. The van der Waals surface area contributed by atoms with E-state index in [1.807, 2.05) is 29.2 Å². The van der Waals surface area contributed by atoms with Gasteiger partial charge in [0.05, 0.1) is 18.0 Å². The van der Waals surface area contributed by atoms with Gasteiger partial charge in [0.25, 0.3) is 0 Å². The number of ketones is 1. The molecular weight excluding hydrogens is 269 g/mol. The highest BCUT2D eigenvalue weighted by atomic mass is 19.1. The summed E-state index contributed by atoms with van der Waals surface area (Å²) in [5, 5.41) is 0. The molecule has 0 radical (unpaired) electrons. The summed E-state index contributed by atoms with van der Waals surface area (Å²) in [4.78, 5) is 13.2. The number of carbonyl (C=O) groups is 1. The first-order valence-corrected chi connectivity index (χ1v) is 6.96. The molecule has 108 valence electrons. The molecule has 1 heterocycles. The van der Waals surface area contributed by atoms with Gasteiger partial charge in [-0.05, 0) is 43.7 Å². The third-order valence-electron chi connectivity index (χ3n) is 3.58. The highest BCUT2D eigenvalue weighted by molar-refractivity contribution is 5.94. The molecule has 0 saturated heterocycles. The van der Waals surface area contributed by atoms with Crippen LogP contribution in [0.1, 0.15) is 23.7 Å². The molecule has 0 aromatic heterocycles. The Labute approximate surface area is 123 Å². The minimum atomic E-state index is -0.389. The molecule has 2 aromatic carbocycles. The minimum Gasteiger partial charge on any atom is -0.491 e. The van der Waals surface area contributed by atoms with Gasteiger partial charge in [0.2, 0.25) is 0 Å². The van der Waals surface area contributed by atoms with E-state index in [0.29, 0.717) is 24.4 Å². The van der Waals surface area contributed by atoms with E-state index in [1.165, 1.54) is 13.0 Å². The SMILES string of the molecule is CC(=O)c1ccc(N2CCCOc3ccccc32)c(F)c1. The van der Waals surface area contributed by atoms with E-state index < -0.39 is 0 Å². The lowest BCUT2D eigenvalue weighted by Crippen LogP contribution is -2.19. The lowest BCUT2D eigenvalue weighted by Gasteiger charge is -2.24. The van der Waals surface area contributed by atoms with Crippen LogP contribution >= 0.6 is 0 Å². The molecule has 3 nitrogen and oxygen atoms in total. The lowest BCUT2D eigenvalue weighted by atomic mass is 10.1. The van der Waals surface area contributed by atoms with Crippen LogP contribution in [0.2, 0.25) is 0 Å². The number of hydrogen-bond donors (Lipinski definition) is 0. The Hall–Kier alpha value is -2.36. The first kappa shape index (κ1) is 13.6. The van der Waals surface area contributed by atoms with E-state index in [-0.39, 0.29) is 11.6 Å². The van der Waals surface area contributed by atoms with Crippen molar-refractivity contribution < 1.29 is 13.9 Å². The fourth-order valence-electron chi connectivity index (χ4n) is 2.52. The molecule has 0 amide bonds. The fraction of sp³-hybridized carbons (Fsp3) is 0.235. The van der Waals surface area contributed by atoms with Crippen LogP contribution < -0.4 is 9.64 Å². The van der Waals surface area contributed by atoms with Gasteiger partial charge in [-0.1, -0.05) is 12.1 Å². The number of rotatable bonds is 2. The van der Waals surface area contributed by atoms with Crippen molar-refractivity contribution in [2.75, 3.05) is 18.1 Å². The molecular formula is C17H16FNO2. The largest absolute Gasteiger partial charge is 0.491 e. The van der Waals surface area contributed by atoms with Crippen molar-refractivity contribution in [1.82, 2.24) is 0 Å². The zero-order chi connectivity index (χ0) is 14.8. The van der Waals surface area contributed by atoms with E-state index in [9.17, 15) is 9.18 Å². The second-order valence-electron chi connectivity index (χ2n) is 5.04. The van der Waals surface area contributed by atoms with Gasteiger partial charge in [0, 0.05) is 12.1 Å². The van der Waals surface area contributed by atoms with Crippen LogP contribution in [0.5, 0.6) is 5.75 Å². The third-order valence-corrected chi connectivity index (χ3v) is 3.58. The average molecular weight is 285 g/mol. The highest BCUT2D eigenvalue weighted by Crippen LogP contribution is 2.37. The van der Waals surface area contributed by atoms with Crippen LogP contribution in [0.15, 0.2) is 42.5 Å². The number of halogens is 1. The monoisotopic (exact) mass is 285 g/mol. The van der Waals surface area contributed by atoms with Gasteiger partial charge in [-0.3, -0.25) is 4.79 Å². The highest BCUT2D eigenvalue weighted by Gasteiger charge is 2.20. The molecule has 21 heavy (non-hydrogen) atoms. The average Bonchev–Trinajstić information content (AvgIpc) is 2.69. The molecule has 1 aliphatic heterocycles. The standard InChI is InChI=1S/C17H16FNO2/c1-12(20)13-7-8-15(14(18)11-13)19-9-4-10-21-17-6-3-2-5-16(17)19/h2-3,5-8,11H,4,9-10H2,1H3. The predicted octanol–water partition coefficient (Wildman–Crippen LogP) is 3.95. The maximum atomic E-state index is 14.4. The summed E-state index contributed by atoms with van der Waals surface area (Å²) in [6, 6.07) is 12.2. The first-order chi connectivity index (χ1) is 10.2. The Kier molecular flexibility index (Phi) is 3.60. The molecule has 0 atom stereocenters. The summed E-state index contributed by atoms with van der Waals surface area (Å²) in [5.41, 5.74) is 1.71. The number of nitrogens with zero attached hydrogens (tertiary/aromatic N) is 1. The van der Waals surface area contributed by atoms with Crippen LogP contribution in [-0.4, -0.2) is 18.9 Å². The second kappa shape index (κ2) is 5.56. The van der Waals surface area contributed by atoms with Crippen molar-refractivity contribution in [3.8, 4) is 5.75 Å². The molecule has 1 aliphatic rings. The predicted molar refractivity (Wildman–Crippen MR) is 80.0 cm³/mol. The Balaban J connectivity index is 2.06. The zero-order valence-corrected chi connectivity index (χ0v) is 11.8. The molecule has 0 fully saturated rings. The number of hydrogen-bond acceptors (Lipinski definition) is 3. The van der Waals surface area contributed by atoms with Crippen molar-refractivity contribution >= 4 is 17.2 Å². The first-order valence-electron chi connectivity index (χ1n) is 6.96. The molecule has 3 rings (SSSR count). The smallest absolute Gasteiger partial charge is 0.159 e.